The van der Waals surface area contributed by atoms with E-state index in [2.05, 4.69) is 20.6 Å². The summed E-state index contributed by atoms with van der Waals surface area (Å²) in [5.74, 6) is -2.97. The summed E-state index contributed by atoms with van der Waals surface area (Å²) in [4.78, 5) is 46.6. The molecule has 10 nitrogen and oxygen atoms in total. The van der Waals surface area contributed by atoms with Crippen LogP contribution < -0.4 is 21.1 Å². The molecule has 2 aromatic heterocycles. The van der Waals surface area contributed by atoms with Gasteiger partial charge in [0.05, 0.1) is 23.4 Å². The topological polar surface area (TPSA) is 157 Å². The number of nitrogens with zero attached hydrogens (tertiary/aromatic N) is 2. The van der Waals surface area contributed by atoms with Crippen LogP contribution in [-0.4, -0.2) is 52.1 Å². The van der Waals surface area contributed by atoms with Crippen molar-refractivity contribution in [3.05, 3.63) is 83.4 Å². The number of halogens is 4. The van der Waals surface area contributed by atoms with Crippen LogP contribution in [0.25, 0.3) is 22.2 Å². The van der Waals surface area contributed by atoms with Crippen LogP contribution in [-0.2, 0) is 20.6 Å². The second kappa shape index (κ2) is 11.1. The number of pyridine rings is 2. The first-order valence-corrected chi connectivity index (χ1v) is 14.2. The number of anilines is 1. The van der Waals surface area contributed by atoms with Gasteiger partial charge in [-0.05, 0) is 68.3 Å². The van der Waals surface area contributed by atoms with Crippen LogP contribution in [0.1, 0.15) is 41.4 Å². The maximum absolute atomic E-state index is 14.8. The molecule has 1 aliphatic heterocycles. The standard InChI is InChI=1S/C32H27F4N5O5/c1-30(29(37)44)15-46-26-21(30)13-23(41-25(26)16-6-8-20(33)9-7-16)31(45,32(34,35)36)14-39-27(42)19-11-18-3-2-10-38-24(18)22(12-19)40-28(43)17-4-5-17/h2-3,6-13,17,45H,4-5,14-15H2,1H3,(H2,37,44)(H,39,42)(H,40,43)/t30-,31-/m0/s1. The number of fused-ring (bicyclic) bond motifs is 2. The van der Waals surface area contributed by atoms with Gasteiger partial charge in [0.15, 0.2) is 0 Å². The number of nitrogens with two attached hydrogens (primary N) is 1. The predicted molar refractivity (Wildman–Crippen MR) is 157 cm³/mol. The Balaban J connectivity index is 1.39. The molecule has 2 aliphatic rings. The summed E-state index contributed by atoms with van der Waals surface area (Å²) in [7, 11) is 0. The molecule has 1 saturated carbocycles. The van der Waals surface area contributed by atoms with Crippen molar-refractivity contribution in [3.63, 3.8) is 0 Å². The number of nitrogens with one attached hydrogen (secondary N) is 2. The van der Waals surface area contributed by atoms with E-state index in [9.17, 15) is 37.1 Å². The van der Waals surface area contributed by atoms with E-state index >= 15 is 0 Å². The fraction of sp³-hybridized carbons (Fsp3) is 0.281. The molecule has 0 spiro atoms. The molecule has 3 amide bonds. The van der Waals surface area contributed by atoms with Crippen LogP contribution >= 0.6 is 0 Å². The third-order valence-corrected chi connectivity index (χ3v) is 8.30. The van der Waals surface area contributed by atoms with Crippen molar-refractivity contribution in [2.45, 2.75) is 37.0 Å². The number of aliphatic hydroxyl groups is 1. The first-order valence-electron chi connectivity index (χ1n) is 14.2. The fourth-order valence-electron chi connectivity index (χ4n) is 5.25. The number of hydrogen-bond donors (Lipinski definition) is 4. The Morgan fingerprint density at radius 2 is 1.83 bits per heavy atom. The van der Waals surface area contributed by atoms with E-state index in [1.165, 1.54) is 37.4 Å². The molecule has 6 rings (SSSR count). The highest BCUT2D eigenvalue weighted by atomic mass is 19.4. The number of primary amides is 1. The number of benzene rings is 2. The molecular weight excluding hydrogens is 610 g/mol. The molecule has 3 heterocycles. The van der Waals surface area contributed by atoms with Crippen LogP contribution in [0.4, 0.5) is 23.2 Å². The molecule has 2 aromatic carbocycles. The van der Waals surface area contributed by atoms with Gasteiger partial charge in [0.1, 0.15) is 29.3 Å². The maximum atomic E-state index is 14.8. The van der Waals surface area contributed by atoms with E-state index in [0.29, 0.717) is 10.9 Å². The molecule has 238 valence electrons. The molecule has 1 aliphatic carbocycles. The lowest BCUT2D eigenvalue weighted by molar-refractivity contribution is -0.265. The Morgan fingerprint density at radius 1 is 1.11 bits per heavy atom. The molecule has 4 aromatic rings. The van der Waals surface area contributed by atoms with Crippen molar-refractivity contribution in [1.82, 2.24) is 15.3 Å². The van der Waals surface area contributed by atoms with E-state index in [1.54, 1.807) is 12.1 Å². The first-order chi connectivity index (χ1) is 21.7. The summed E-state index contributed by atoms with van der Waals surface area (Å²) in [5, 5.41) is 16.6. The smallest absolute Gasteiger partial charge is 0.424 e. The van der Waals surface area contributed by atoms with E-state index in [0.717, 1.165) is 31.0 Å². The van der Waals surface area contributed by atoms with Gasteiger partial charge in [-0.15, -0.1) is 0 Å². The molecule has 0 bridgehead atoms. The maximum Gasteiger partial charge on any atom is 0.424 e. The van der Waals surface area contributed by atoms with Crippen LogP contribution in [0.5, 0.6) is 5.75 Å². The number of hydrogen-bond acceptors (Lipinski definition) is 7. The van der Waals surface area contributed by atoms with Crippen LogP contribution in [0, 0.1) is 11.7 Å². The molecule has 0 unspecified atom stereocenters. The van der Waals surface area contributed by atoms with Gasteiger partial charge in [0.2, 0.25) is 17.4 Å². The highest BCUT2D eigenvalue weighted by Gasteiger charge is 2.57. The SMILES string of the molecule is C[C@]1(C(N)=O)COc2c1cc([C@@](O)(CNC(=O)c1cc(NC(=O)C3CC3)c3ncccc3c1)C(F)(F)F)nc2-c1ccc(F)cc1. The number of alkyl halides is 3. The van der Waals surface area contributed by atoms with E-state index in [1.807, 2.05) is 0 Å². The van der Waals surface area contributed by atoms with Crippen molar-refractivity contribution < 1.29 is 41.8 Å². The molecule has 5 N–H and O–H groups in total. The number of ether oxygens (including phenoxy) is 1. The Labute approximate surface area is 259 Å². The summed E-state index contributed by atoms with van der Waals surface area (Å²) in [6, 6.07) is 11.4. The summed E-state index contributed by atoms with van der Waals surface area (Å²) in [5.41, 5.74) is -0.305. The lowest BCUT2D eigenvalue weighted by atomic mass is 9.81. The van der Waals surface area contributed by atoms with Gasteiger partial charge in [0, 0.05) is 34.2 Å². The Hall–Kier alpha value is -5.11. The van der Waals surface area contributed by atoms with Crippen molar-refractivity contribution in [2.75, 3.05) is 18.5 Å². The monoisotopic (exact) mass is 637 g/mol. The average Bonchev–Trinajstić information content (AvgIpc) is 3.82. The normalized spacial score (nSPS) is 18.7. The molecule has 0 radical (unpaired) electrons. The fourth-order valence-corrected chi connectivity index (χ4v) is 5.25. The largest absolute Gasteiger partial charge is 0.489 e. The Morgan fingerprint density at radius 3 is 2.48 bits per heavy atom. The molecule has 46 heavy (non-hydrogen) atoms. The van der Waals surface area contributed by atoms with Gasteiger partial charge < -0.3 is 26.2 Å². The van der Waals surface area contributed by atoms with Crippen molar-refractivity contribution in [2.24, 2.45) is 11.7 Å². The quantitative estimate of drug-likeness (QED) is 0.212. The van der Waals surface area contributed by atoms with Crippen molar-refractivity contribution in [1.29, 1.82) is 0 Å². The van der Waals surface area contributed by atoms with Gasteiger partial charge in [0.25, 0.3) is 5.91 Å². The third-order valence-electron chi connectivity index (χ3n) is 8.30. The lowest BCUT2D eigenvalue weighted by Crippen LogP contribution is -2.51. The minimum absolute atomic E-state index is 0.0456. The van der Waals surface area contributed by atoms with E-state index < -0.39 is 47.1 Å². The summed E-state index contributed by atoms with van der Waals surface area (Å²) in [6.07, 6.45) is -2.45. The number of carbonyl (C=O) groups excluding carboxylic acids is 3. The number of rotatable bonds is 8. The molecule has 1 fully saturated rings. The molecule has 14 heteroatoms. The predicted octanol–water partition coefficient (Wildman–Crippen LogP) is 4.10. The van der Waals surface area contributed by atoms with Crippen molar-refractivity contribution >= 4 is 34.3 Å². The number of amides is 3. The van der Waals surface area contributed by atoms with Crippen LogP contribution in [0.2, 0.25) is 0 Å². The lowest BCUT2D eigenvalue weighted by Gasteiger charge is -2.31. The molecule has 0 saturated heterocycles. The second-order valence-corrected chi connectivity index (χ2v) is 11.6. The van der Waals surface area contributed by atoms with Crippen LogP contribution in [0.3, 0.4) is 0 Å². The van der Waals surface area contributed by atoms with Gasteiger partial charge >= 0.3 is 6.18 Å². The first kappa shape index (κ1) is 30.9. The summed E-state index contributed by atoms with van der Waals surface area (Å²) >= 11 is 0. The molecule has 2 atom stereocenters. The number of aromatic nitrogens is 2. The van der Waals surface area contributed by atoms with E-state index in [-0.39, 0.29) is 52.3 Å². The summed E-state index contributed by atoms with van der Waals surface area (Å²) in [6.45, 7) is -0.316. The second-order valence-electron chi connectivity index (χ2n) is 11.6. The van der Waals surface area contributed by atoms with Gasteiger partial charge in [-0.3, -0.25) is 19.4 Å². The van der Waals surface area contributed by atoms with Crippen molar-refractivity contribution in [3.8, 4) is 17.0 Å². The van der Waals surface area contributed by atoms with Gasteiger partial charge in [-0.2, -0.15) is 13.2 Å². The summed E-state index contributed by atoms with van der Waals surface area (Å²) < 4.78 is 63.6. The molecular formula is C32H27F4N5O5. The Kier molecular flexibility index (Phi) is 7.42. The average molecular weight is 638 g/mol. The zero-order chi connectivity index (χ0) is 33.0. The highest BCUT2D eigenvalue weighted by molar-refractivity contribution is 6.06. The highest BCUT2D eigenvalue weighted by Crippen LogP contribution is 2.47. The van der Waals surface area contributed by atoms with E-state index in [4.69, 9.17) is 10.5 Å². The minimum Gasteiger partial charge on any atom is -0.489 e. The Bertz CT molecular complexity index is 1900. The zero-order valence-electron chi connectivity index (χ0n) is 24.2. The van der Waals surface area contributed by atoms with Crippen LogP contribution in [0.15, 0.2) is 60.8 Å². The zero-order valence-corrected chi connectivity index (χ0v) is 24.2. The van der Waals surface area contributed by atoms with Gasteiger partial charge in [-0.25, -0.2) is 9.37 Å². The minimum atomic E-state index is -5.39. The number of carbonyl (C=O) groups is 3. The van der Waals surface area contributed by atoms with Gasteiger partial charge in [-0.1, -0.05) is 6.07 Å². The third kappa shape index (κ3) is 5.38.